The summed E-state index contributed by atoms with van der Waals surface area (Å²) in [6.07, 6.45) is 8.85. The highest BCUT2D eigenvalue weighted by atomic mass is 16.5. The lowest BCUT2D eigenvalue weighted by Gasteiger charge is -2.37. The van der Waals surface area contributed by atoms with Gasteiger partial charge in [-0.05, 0) is 44.9 Å². The quantitative estimate of drug-likeness (QED) is 0.795. The van der Waals surface area contributed by atoms with Crippen molar-refractivity contribution < 1.29 is 14.3 Å². The molecule has 1 saturated carbocycles. The van der Waals surface area contributed by atoms with Gasteiger partial charge in [0, 0.05) is 32.0 Å². The number of aromatic amines is 1. The molecule has 0 aromatic carbocycles. The standard InChI is InChI=1S/C23H32N4O4/c28-21-16-14-26(22(29)15-6-1-2-7-15)12-10-17(16)24-20(25-21)18-8-3-4-11-27(18)23(30)19-9-5-13-31-19/h15,18-19H,1-14H2,(H,24,25,28)/t18-,19+/m1/s1. The molecule has 0 spiro atoms. The molecule has 3 fully saturated rings. The molecule has 1 N–H and O–H groups in total. The SMILES string of the molecule is O=C(C1CCCC1)N1CCc2nc([C@H]3CCCCN3C(=O)[C@@H]3CCCO3)[nH]c(=O)c2C1. The van der Waals surface area contributed by atoms with Crippen LogP contribution < -0.4 is 5.56 Å². The summed E-state index contributed by atoms with van der Waals surface area (Å²) in [5.41, 5.74) is 1.22. The van der Waals surface area contributed by atoms with Gasteiger partial charge in [-0.2, -0.15) is 0 Å². The molecule has 8 heteroatoms. The van der Waals surface area contributed by atoms with Crippen LogP contribution in [0.15, 0.2) is 4.79 Å². The average molecular weight is 429 g/mol. The number of rotatable bonds is 3. The van der Waals surface area contributed by atoms with E-state index in [2.05, 4.69) is 4.98 Å². The van der Waals surface area contributed by atoms with Crippen molar-refractivity contribution in [3.63, 3.8) is 0 Å². The molecule has 1 aromatic rings. The fourth-order valence-electron chi connectivity index (χ4n) is 5.66. The molecule has 168 valence electrons. The Kier molecular flexibility index (Phi) is 5.82. The Morgan fingerprint density at radius 2 is 1.77 bits per heavy atom. The molecule has 3 aliphatic heterocycles. The first-order valence-electron chi connectivity index (χ1n) is 11.9. The monoisotopic (exact) mass is 428 g/mol. The van der Waals surface area contributed by atoms with Crippen molar-refractivity contribution in [3.8, 4) is 0 Å². The number of amides is 2. The molecule has 31 heavy (non-hydrogen) atoms. The van der Waals surface area contributed by atoms with Gasteiger partial charge in [0.1, 0.15) is 11.9 Å². The van der Waals surface area contributed by atoms with Gasteiger partial charge in [-0.25, -0.2) is 4.98 Å². The second kappa shape index (κ2) is 8.73. The van der Waals surface area contributed by atoms with E-state index in [1.54, 1.807) is 0 Å². The zero-order valence-electron chi connectivity index (χ0n) is 18.1. The second-order valence-corrected chi connectivity index (χ2v) is 9.41. The molecule has 1 aromatic heterocycles. The van der Waals surface area contributed by atoms with Crippen molar-refractivity contribution in [2.45, 2.75) is 82.9 Å². The van der Waals surface area contributed by atoms with Crippen LogP contribution in [0.3, 0.4) is 0 Å². The first kappa shape index (κ1) is 20.7. The predicted octanol–water partition coefficient (Wildman–Crippen LogP) is 2.08. The van der Waals surface area contributed by atoms with Gasteiger partial charge >= 0.3 is 0 Å². The van der Waals surface area contributed by atoms with Gasteiger partial charge in [-0.3, -0.25) is 14.4 Å². The van der Waals surface area contributed by atoms with Crippen molar-refractivity contribution in [1.29, 1.82) is 0 Å². The Morgan fingerprint density at radius 1 is 0.968 bits per heavy atom. The van der Waals surface area contributed by atoms with E-state index in [0.29, 0.717) is 44.0 Å². The number of H-pyrrole nitrogens is 1. The first-order chi connectivity index (χ1) is 15.1. The number of likely N-dealkylation sites (tertiary alicyclic amines) is 1. The Hall–Kier alpha value is -2.22. The predicted molar refractivity (Wildman–Crippen MR) is 113 cm³/mol. The largest absolute Gasteiger partial charge is 0.368 e. The maximum Gasteiger partial charge on any atom is 0.256 e. The molecule has 5 rings (SSSR count). The molecule has 0 bridgehead atoms. The minimum absolute atomic E-state index is 0.0240. The van der Waals surface area contributed by atoms with E-state index in [1.807, 2.05) is 9.80 Å². The molecule has 2 amide bonds. The van der Waals surface area contributed by atoms with Crippen molar-refractivity contribution in [2.24, 2.45) is 5.92 Å². The molecule has 1 aliphatic carbocycles. The Morgan fingerprint density at radius 3 is 2.55 bits per heavy atom. The summed E-state index contributed by atoms with van der Waals surface area (Å²) in [5.74, 6) is 0.918. The van der Waals surface area contributed by atoms with Gasteiger partial charge in [-0.1, -0.05) is 12.8 Å². The van der Waals surface area contributed by atoms with Crippen molar-refractivity contribution >= 4 is 11.8 Å². The highest BCUT2D eigenvalue weighted by molar-refractivity contribution is 5.81. The Bertz CT molecular complexity index is 901. The smallest absolute Gasteiger partial charge is 0.256 e. The molecule has 4 heterocycles. The van der Waals surface area contributed by atoms with Crippen molar-refractivity contribution in [1.82, 2.24) is 19.8 Å². The normalized spacial score (nSPS) is 26.8. The lowest BCUT2D eigenvalue weighted by atomic mass is 9.98. The average Bonchev–Trinajstić information content (AvgIpc) is 3.52. The number of fused-ring (bicyclic) bond motifs is 1. The molecular formula is C23H32N4O4. The third-order valence-corrected chi connectivity index (χ3v) is 7.41. The Balaban J connectivity index is 1.36. The topological polar surface area (TPSA) is 95.6 Å². The molecule has 2 saturated heterocycles. The number of piperidine rings is 1. The number of carbonyl (C=O) groups is 2. The number of hydrogen-bond donors (Lipinski definition) is 1. The van der Waals surface area contributed by atoms with Crippen LogP contribution in [0.1, 0.15) is 80.9 Å². The van der Waals surface area contributed by atoms with Gasteiger partial charge in [-0.15, -0.1) is 0 Å². The number of nitrogens with one attached hydrogen (secondary N) is 1. The van der Waals surface area contributed by atoms with Crippen LogP contribution >= 0.6 is 0 Å². The molecule has 8 nitrogen and oxygen atoms in total. The zero-order chi connectivity index (χ0) is 21.4. The first-order valence-corrected chi connectivity index (χ1v) is 11.9. The summed E-state index contributed by atoms with van der Waals surface area (Å²) in [7, 11) is 0. The summed E-state index contributed by atoms with van der Waals surface area (Å²) >= 11 is 0. The van der Waals surface area contributed by atoms with Gasteiger partial charge in [0.05, 0.1) is 23.8 Å². The van der Waals surface area contributed by atoms with Gasteiger partial charge in [0.2, 0.25) is 5.91 Å². The Labute approximate surface area is 182 Å². The summed E-state index contributed by atoms with van der Waals surface area (Å²) in [6, 6.07) is -0.207. The molecule has 4 aliphatic rings. The number of nitrogens with zero attached hydrogens (tertiary/aromatic N) is 3. The van der Waals surface area contributed by atoms with Crippen LogP contribution in [0.25, 0.3) is 0 Å². The maximum absolute atomic E-state index is 13.0. The molecule has 2 atom stereocenters. The van der Waals surface area contributed by atoms with Crippen molar-refractivity contribution in [3.05, 3.63) is 27.4 Å². The van der Waals surface area contributed by atoms with E-state index in [1.165, 1.54) is 0 Å². The van der Waals surface area contributed by atoms with Gasteiger partial charge in [0.15, 0.2) is 0 Å². The fraction of sp³-hybridized carbons (Fsp3) is 0.739. The van der Waals surface area contributed by atoms with Crippen LogP contribution in [-0.4, -0.2) is 57.4 Å². The van der Waals surface area contributed by atoms with Gasteiger partial charge in [0.25, 0.3) is 11.5 Å². The second-order valence-electron chi connectivity index (χ2n) is 9.41. The zero-order valence-corrected chi connectivity index (χ0v) is 18.1. The lowest BCUT2D eigenvalue weighted by molar-refractivity contribution is -0.145. The maximum atomic E-state index is 13.0. The number of ether oxygens (including phenoxy) is 1. The highest BCUT2D eigenvalue weighted by Gasteiger charge is 2.37. The van der Waals surface area contributed by atoms with Crippen LogP contribution in [0.2, 0.25) is 0 Å². The van der Waals surface area contributed by atoms with E-state index >= 15 is 0 Å². The number of hydrogen-bond acceptors (Lipinski definition) is 5. The van der Waals surface area contributed by atoms with E-state index in [0.717, 1.165) is 63.5 Å². The lowest BCUT2D eigenvalue weighted by Crippen LogP contribution is -2.46. The van der Waals surface area contributed by atoms with E-state index in [-0.39, 0.29) is 35.4 Å². The summed E-state index contributed by atoms with van der Waals surface area (Å²) in [5, 5.41) is 0. The van der Waals surface area contributed by atoms with Gasteiger partial charge < -0.3 is 19.5 Å². The van der Waals surface area contributed by atoms with Crippen molar-refractivity contribution in [2.75, 3.05) is 19.7 Å². The van der Waals surface area contributed by atoms with E-state index in [9.17, 15) is 14.4 Å². The van der Waals surface area contributed by atoms with E-state index < -0.39 is 0 Å². The highest BCUT2D eigenvalue weighted by Crippen LogP contribution is 2.32. The molecule has 0 radical (unpaired) electrons. The summed E-state index contributed by atoms with van der Waals surface area (Å²) in [4.78, 5) is 50.3. The van der Waals surface area contributed by atoms with Crippen LogP contribution in [0.4, 0.5) is 0 Å². The van der Waals surface area contributed by atoms with Crippen LogP contribution in [0.5, 0.6) is 0 Å². The summed E-state index contributed by atoms with van der Waals surface area (Å²) < 4.78 is 5.62. The van der Waals surface area contributed by atoms with E-state index in [4.69, 9.17) is 9.72 Å². The molecule has 0 unspecified atom stereocenters. The number of aromatic nitrogens is 2. The third kappa shape index (κ3) is 4.02. The van der Waals surface area contributed by atoms with Crippen LogP contribution in [-0.2, 0) is 27.3 Å². The fourth-order valence-corrected chi connectivity index (χ4v) is 5.66. The third-order valence-electron chi connectivity index (χ3n) is 7.41. The summed E-state index contributed by atoms with van der Waals surface area (Å²) in [6.45, 7) is 2.27. The molecular weight excluding hydrogens is 396 g/mol. The minimum atomic E-state index is -0.361. The number of carbonyl (C=O) groups excluding carboxylic acids is 2. The minimum Gasteiger partial charge on any atom is -0.368 e. The van der Waals surface area contributed by atoms with Crippen LogP contribution in [0, 0.1) is 5.92 Å².